The van der Waals surface area contributed by atoms with E-state index in [0.29, 0.717) is 23.6 Å². The Morgan fingerprint density at radius 3 is 2.91 bits per heavy atom. The molecule has 1 aliphatic heterocycles. The zero-order chi connectivity index (χ0) is 16.3. The van der Waals surface area contributed by atoms with Gasteiger partial charge in [0.2, 0.25) is 5.91 Å². The summed E-state index contributed by atoms with van der Waals surface area (Å²) in [5, 5.41) is 0. The highest BCUT2D eigenvalue weighted by Gasteiger charge is 2.35. The Balaban J connectivity index is 1.83. The largest absolute Gasteiger partial charge is 0.341 e. The van der Waals surface area contributed by atoms with Gasteiger partial charge >= 0.3 is 0 Å². The van der Waals surface area contributed by atoms with Gasteiger partial charge in [-0.1, -0.05) is 35.8 Å². The monoisotopic (exact) mass is 388 g/mol. The fourth-order valence-corrected chi connectivity index (χ4v) is 3.81. The highest BCUT2D eigenvalue weighted by molar-refractivity contribution is 9.10. The summed E-state index contributed by atoms with van der Waals surface area (Å²) < 4.78 is 14.4. The Bertz CT molecular complexity index is 553. The molecule has 0 aliphatic carbocycles. The number of rotatable bonds is 4. The van der Waals surface area contributed by atoms with Crippen molar-refractivity contribution < 1.29 is 9.18 Å². The summed E-state index contributed by atoms with van der Waals surface area (Å²) >= 11 is 4.69. The molecule has 0 spiro atoms. The quantitative estimate of drug-likeness (QED) is 0.859. The first-order valence-electron chi connectivity index (χ1n) is 7.34. The third-order valence-corrected chi connectivity index (χ3v) is 5.62. The van der Waals surface area contributed by atoms with Gasteiger partial charge in [0.1, 0.15) is 5.82 Å². The van der Waals surface area contributed by atoms with Crippen molar-refractivity contribution >= 4 is 33.6 Å². The molecular weight excluding hydrogens is 367 g/mol. The molecule has 2 N–H and O–H groups in total. The van der Waals surface area contributed by atoms with E-state index in [0.717, 1.165) is 17.4 Å². The minimum Gasteiger partial charge on any atom is -0.341 e. The summed E-state index contributed by atoms with van der Waals surface area (Å²) in [5.41, 5.74) is 6.67. The van der Waals surface area contributed by atoms with Crippen LogP contribution in [0.5, 0.6) is 0 Å². The highest BCUT2D eigenvalue weighted by Crippen LogP contribution is 2.28. The minimum atomic E-state index is -0.237. The third kappa shape index (κ3) is 4.46. The van der Waals surface area contributed by atoms with Crippen LogP contribution in [0, 0.1) is 11.2 Å². The maximum atomic E-state index is 13.7. The molecule has 0 aromatic heterocycles. The van der Waals surface area contributed by atoms with Gasteiger partial charge in [-0.3, -0.25) is 4.79 Å². The number of nitrogens with zero attached hydrogens (tertiary/aromatic N) is 1. The summed E-state index contributed by atoms with van der Waals surface area (Å²) in [4.78, 5) is 14.2. The molecule has 1 saturated heterocycles. The molecule has 0 saturated carbocycles. The lowest BCUT2D eigenvalue weighted by molar-refractivity contribution is -0.131. The second kappa shape index (κ2) is 7.32. The average molecular weight is 389 g/mol. The number of piperidine rings is 1. The third-order valence-electron chi connectivity index (χ3n) is 4.16. The van der Waals surface area contributed by atoms with Gasteiger partial charge in [-0.25, -0.2) is 4.39 Å². The molecule has 0 bridgehead atoms. The van der Waals surface area contributed by atoms with E-state index >= 15 is 0 Å². The van der Waals surface area contributed by atoms with Gasteiger partial charge in [0.15, 0.2) is 0 Å². The number of benzene rings is 1. The van der Waals surface area contributed by atoms with E-state index in [1.54, 1.807) is 6.07 Å². The molecule has 1 amide bonds. The Hall–Kier alpha value is -0.590. The summed E-state index contributed by atoms with van der Waals surface area (Å²) in [6, 6.07) is 5.16. The molecule has 1 unspecified atom stereocenters. The first kappa shape index (κ1) is 17.8. The van der Waals surface area contributed by atoms with Crippen LogP contribution in [0.1, 0.15) is 25.8 Å². The number of hydrogen-bond donors (Lipinski definition) is 1. The van der Waals surface area contributed by atoms with Crippen LogP contribution in [0.2, 0.25) is 0 Å². The van der Waals surface area contributed by atoms with E-state index < -0.39 is 0 Å². The van der Waals surface area contributed by atoms with E-state index in [-0.39, 0.29) is 23.2 Å². The van der Waals surface area contributed by atoms with Gasteiger partial charge in [-0.05, 0) is 29.5 Å². The number of thioether (sulfide) groups is 1. The molecule has 1 aromatic rings. The van der Waals surface area contributed by atoms with E-state index in [1.165, 1.54) is 17.8 Å². The fraction of sp³-hybridized carbons (Fsp3) is 0.562. The van der Waals surface area contributed by atoms with E-state index in [9.17, 15) is 9.18 Å². The van der Waals surface area contributed by atoms with Crippen molar-refractivity contribution in [3.63, 3.8) is 0 Å². The van der Waals surface area contributed by atoms with Crippen molar-refractivity contribution in [1.82, 2.24) is 4.90 Å². The zero-order valence-electron chi connectivity index (χ0n) is 12.9. The van der Waals surface area contributed by atoms with Crippen molar-refractivity contribution in [3.8, 4) is 0 Å². The normalized spacial score (nSPS) is 21.0. The molecule has 1 aliphatic rings. The standard InChI is InChI=1S/C16H22BrFN2OS/c1-16(2)10-20(6-5-14(16)19)15(21)9-22-8-11-3-4-12(17)7-13(11)18/h3-4,7,14H,5-6,8-10,19H2,1-2H3. The van der Waals surface area contributed by atoms with E-state index in [4.69, 9.17) is 5.73 Å². The van der Waals surface area contributed by atoms with Crippen LogP contribution in [-0.2, 0) is 10.5 Å². The van der Waals surface area contributed by atoms with Crippen LogP contribution in [0.15, 0.2) is 22.7 Å². The predicted molar refractivity (Wildman–Crippen MR) is 93.2 cm³/mol. The number of nitrogens with two attached hydrogens (primary N) is 1. The van der Waals surface area contributed by atoms with Gasteiger partial charge in [0, 0.05) is 29.4 Å². The molecule has 0 radical (unpaired) electrons. The lowest BCUT2D eigenvalue weighted by Crippen LogP contribution is -2.54. The summed E-state index contributed by atoms with van der Waals surface area (Å²) in [7, 11) is 0. The van der Waals surface area contributed by atoms with Crippen LogP contribution < -0.4 is 5.73 Å². The number of carbonyl (C=O) groups excluding carboxylic acids is 1. The van der Waals surface area contributed by atoms with Gasteiger partial charge in [-0.15, -0.1) is 11.8 Å². The van der Waals surface area contributed by atoms with Gasteiger partial charge in [0.05, 0.1) is 5.75 Å². The van der Waals surface area contributed by atoms with Crippen LogP contribution >= 0.6 is 27.7 Å². The molecule has 2 rings (SSSR count). The maximum absolute atomic E-state index is 13.7. The number of hydrogen-bond acceptors (Lipinski definition) is 3. The van der Waals surface area contributed by atoms with Gasteiger partial charge in [-0.2, -0.15) is 0 Å². The zero-order valence-corrected chi connectivity index (χ0v) is 15.3. The number of amides is 1. The first-order valence-corrected chi connectivity index (χ1v) is 9.29. The highest BCUT2D eigenvalue weighted by atomic mass is 79.9. The van der Waals surface area contributed by atoms with Crippen LogP contribution in [0.3, 0.4) is 0 Å². The fourth-order valence-electron chi connectivity index (χ4n) is 2.57. The van der Waals surface area contributed by atoms with Crippen molar-refractivity contribution in [3.05, 3.63) is 34.1 Å². The number of likely N-dealkylation sites (tertiary alicyclic amines) is 1. The van der Waals surface area contributed by atoms with Gasteiger partial charge < -0.3 is 10.6 Å². The first-order chi connectivity index (χ1) is 10.3. The lowest BCUT2D eigenvalue weighted by atomic mass is 9.80. The van der Waals surface area contributed by atoms with Crippen molar-refractivity contribution in [2.75, 3.05) is 18.8 Å². The van der Waals surface area contributed by atoms with Gasteiger partial charge in [0.25, 0.3) is 0 Å². The molecule has 122 valence electrons. The molecule has 3 nitrogen and oxygen atoms in total. The molecule has 1 atom stereocenters. The average Bonchev–Trinajstić information content (AvgIpc) is 2.44. The molecular formula is C16H22BrFN2OS. The maximum Gasteiger partial charge on any atom is 0.232 e. The van der Waals surface area contributed by atoms with Crippen molar-refractivity contribution in [1.29, 1.82) is 0 Å². The summed E-state index contributed by atoms with van der Waals surface area (Å²) in [5.74, 6) is 0.754. The Labute approximate surface area is 143 Å². The molecule has 1 heterocycles. The minimum absolute atomic E-state index is 0.0452. The Morgan fingerprint density at radius 2 is 2.27 bits per heavy atom. The number of carbonyl (C=O) groups is 1. The predicted octanol–water partition coefficient (Wildman–Crippen LogP) is 3.41. The SMILES string of the molecule is CC1(C)CN(C(=O)CSCc2ccc(Br)cc2F)CCC1N. The smallest absolute Gasteiger partial charge is 0.232 e. The summed E-state index contributed by atoms with van der Waals surface area (Å²) in [6.07, 6.45) is 0.838. The molecule has 1 fully saturated rings. The topological polar surface area (TPSA) is 46.3 Å². The molecule has 6 heteroatoms. The van der Waals surface area contributed by atoms with Crippen LogP contribution in [0.25, 0.3) is 0 Å². The molecule has 22 heavy (non-hydrogen) atoms. The van der Waals surface area contributed by atoms with Crippen LogP contribution in [-0.4, -0.2) is 35.7 Å². The Morgan fingerprint density at radius 1 is 1.55 bits per heavy atom. The Kier molecular flexibility index (Phi) is 5.91. The summed E-state index contributed by atoms with van der Waals surface area (Å²) in [6.45, 7) is 5.61. The van der Waals surface area contributed by atoms with Crippen molar-refractivity contribution in [2.24, 2.45) is 11.1 Å². The van der Waals surface area contributed by atoms with Crippen LogP contribution in [0.4, 0.5) is 4.39 Å². The molecule has 1 aromatic carbocycles. The van der Waals surface area contributed by atoms with E-state index in [2.05, 4.69) is 29.8 Å². The van der Waals surface area contributed by atoms with Crippen molar-refractivity contribution in [2.45, 2.75) is 32.1 Å². The second-order valence-electron chi connectivity index (χ2n) is 6.43. The van der Waals surface area contributed by atoms with E-state index in [1.807, 2.05) is 11.0 Å². The number of halogens is 2. The second-order valence-corrected chi connectivity index (χ2v) is 8.33. The lowest BCUT2D eigenvalue weighted by Gasteiger charge is -2.42.